The molecule has 140 valence electrons. The Balaban J connectivity index is 2.19. The number of hydrogen-bond acceptors (Lipinski definition) is 1. The summed E-state index contributed by atoms with van der Waals surface area (Å²) in [6.07, 6.45) is 0. The number of hydrogen-bond donors (Lipinski definition) is 0. The number of benzene rings is 3. The van der Waals surface area contributed by atoms with Gasteiger partial charge >= 0.3 is 0 Å². The zero-order valence-electron chi connectivity index (χ0n) is 17.4. The Bertz CT molecular complexity index is 1130. The number of rotatable bonds is 3. The average Bonchev–Trinajstić information content (AvgIpc) is 2.65. The molecule has 0 aliphatic rings. The van der Waals surface area contributed by atoms with E-state index in [1.807, 2.05) is 0 Å². The van der Waals surface area contributed by atoms with Crippen LogP contribution in [0.5, 0.6) is 0 Å². The molecule has 4 rings (SSSR count). The van der Waals surface area contributed by atoms with Crippen molar-refractivity contribution in [3.8, 4) is 22.4 Å². The van der Waals surface area contributed by atoms with Crippen molar-refractivity contribution in [2.75, 3.05) is 0 Å². The Morgan fingerprint density at radius 2 is 1.29 bits per heavy atom. The molecule has 0 saturated carbocycles. The van der Waals surface area contributed by atoms with Crippen molar-refractivity contribution in [2.24, 2.45) is 0 Å². The summed E-state index contributed by atoms with van der Waals surface area (Å²) < 4.78 is 0. The lowest BCUT2D eigenvalue weighted by Gasteiger charge is -2.26. The van der Waals surface area contributed by atoms with Crippen molar-refractivity contribution in [1.82, 2.24) is 4.98 Å². The Hall–Kier alpha value is -2.71. The molecule has 0 aliphatic carbocycles. The van der Waals surface area contributed by atoms with Gasteiger partial charge in [-0.1, -0.05) is 85.4 Å². The predicted octanol–water partition coefficient (Wildman–Crippen LogP) is 6.73. The van der Waals surface area contributed by atoms with Gasteiger partial charge in [-0.05, 0) is 48.4 Å². The van der Waals surface area contributed by atoms with Crippen LogP contribution in [0.4, 0.5) is 0 Å². The molecule has 0 atom stereocenters. The molecule has 28 heavy (non-hydrogen) atoms. The van der Waals surface area contributed by atoms with Crippen molar-refractivity contribution < 1.29 is 0 Å². The number of aromatic nitrogens is 1. The Morgan fingerprint density at radius 1 is 0.679 bits per heavy atom. The van der Waals surface area contributed by atoms with E-state index in [0.29, 0.717) is 0 Å². The average molecular weight is 382 g/mol. The van der Waals surface area contributed by atoms with E-state index in [1.54, 1.807) is 0 Å². The van der Waals surface area contributed by atoms with Gasteiger partial charge < -0.3 is 0 Å². The van der Waals surface area contributed by atoms with Crippen molar-refractivity contribution in [3.63, 3.8) is 0 Å². The summed E-state index contributed by atoms with van der Waals surface area (Å²) in [6.45, 7) is 11.6. The largest absolute Gasteiger partial charge is 0.248 e. The summed E-state index contributed by atoms with van der Waals surface area (Å²) in [5, 5.41) is 2.70. The molecule has 2 heteroatoms. The molecule has 0 amide bonds. The minimum atomic E-state index is -1.70. The third kappa shape index (κ3) is 3.40. The van der Waals surface area contributed by atoms with Gasteiger partial charge in [0, 0.05) is 10.9 Å². The number of fused-ring (bicyclic) bond motifs is 1. The van der Waals surface area contributed by atoms with E-state index in [2.05, 4.69) is 106 Å². The Labute approximate surface area is 169 Å². The second-order valence-electron chi connectivity index (χ2n) is 8.72. The van der Waals surface area contributed by atoms with Gasteiger partial charge in [-0.3, -0.25) is 0 Å². The van der Waals surface area contributed by atoms with Gasteiger partial charge in [0.1, 0.15) is 0 Å². The van der Waals surface area contributed by atoms with E-state index >= 15 is 0 Å². The maximum Gasteiger partial charge on any atom is 0.0813 e. The number of para-hydroxylation sites is 1. The van der Waals surface area contributed by atoms with Crippen LogP contribution in [0, 0.1) is 13.8 Å². The monoisotopic (exact) mass is 381 g/mol. The van der Waals surface area contributed by atoms with Gasteiger partial charge in [-0.15, -0.1) is 0 Å². The van der Waals surface area contributed by atoms with Crippen LogP contribution < -0.4 is 5.19 Å². The summed E-state index contributed by atoms with van der Waals surface area (Å²) in [4.78, 5) is 5.21. The Kier molecular flexibility index (Phi) is 4.68. The van der Waals surface area contributed by atoms with Gasteiger partial charge in [0.25, 0.3) is 0 Å². The van der Waals surface area contributed by atoms with Crippen LogP contribution in [0.2, 0.25) is 19.6 Å². The zero-order chi connectivity index (χ0) is 19.9. The van der Waals surface area contributed by atoms with E-state index < -0.39 is 8.07 Å². The molecule has 1 heterocycles. The molecule has 0 fully saturated rings. The second-order valence-corrected chi connectivity index (χ2v) is 13.7. The highest BCUT2D eigenvalue weighted by molar-refractivity contribution is 6.91. The van der Waals surface area contributed by atoms with Gasteiger partial charge in [-0.2, -0.15) is 0 Å². The molecule has 3 aromatic carbocycles. The molecule has 0 spiro atoms. The molecule has 1 aromatic heterocycles. The quantitative estimate of drug-likeness (QED) is 0.358. The summed E-state index contributed by atoms with van der Waals surface area (Å²) in [5.41, 5.74) is 8.67. The SMILES string of the molecule is Cc1cc(C)cc(-c2nc3ccccc3c(-c3ccccc3)c2[Si](C)(C)C)c1. The molecule has 4 aromatic rings. The summed E-state index contributed by atoms with van der Waals surface area (Å²) in [7, 11) is -1.70. The fourth-order valence-electron chi connectivity index (χ4n) is 4.17. The fraction of sp³-hybridized carbons (Fsp3) is 0.192. The van der Waals surface area contributed by atoms with Gasteiger partial charge in [0.2, 0.25) is 0 Å². The lowest BCUT2D eigenvalue weighted by molar-refractivity contribution is 1.35. The smallest absolute Gasteiger partial charge is 0.0813 e. The van der Waals surface area contributed by atoms with Crippen LogP contribution in [-0.2, 0) is 0 Å². The summed E-state index contributed by atoms with van der Waals surface area (Å²) in [5.74, 6) is 0. The predicted molar refractivity (Wildman–Crippen MR) is 125 cm³/mol. The van der Waals surface area contributed by atoms with Crippen LogP contribution in [-0.4, -0.2) is 13.1 Å². The minimum absolute atomic E-state index is 1.07. The second kappa shape index (κ2) is 7.03. The lowest BCUT2D eigenvalue weighted by atomic mass is 9.97. The Morgan fingerprint density at radius 3 is 1.93 bits per heavy atom. The summed E-state index contributed by atoms with van der Waals surface area (Å²) in [6, 6.07) is 26.2. The molecular formula is C26H27NSi. The van der Waals surface area contributed by atoms with Gasteiger partial charge in [0.15, 0.2) is 0 Å². The molecular weight excluding hydrogens is 354 g/mol. The number of pyridine rings is 1. The summed E-state index contributed by atoms with van der Waals surface area (Å²) >= 11 is 0. The van der Waals surface area contributed by atoms with Crippen LogP contribution >= 0.6 is 0 Å². The van der Waals surface area contributed by atoms with E-state index in [-0.39, 0.29) is 0 Å². The maximum absolute atomic E-state index is 5.21. The van der Waals surface area contributed by atoms with Crippen LogP contribution in [0.1, 0.15) is 11.1 Å². The van der Waals surface area contributed by atoms with Gasteiger partial charge in [-0.25, -0.2) is 4.98 Å². The normalized spacial score (nSPS) is 11.8. The molecule has 0 radical (unpaired) electrons. The molecule has 1 nitrogen and oxygen atoms in total. The third-order valence-corrected chi connectivity index (χ3v) is 7.19. The number of nitrogens with zero attached hydrogens (tertiary/aromatic N) is 1. The van der Waals surface area contributed by atoms with Crippen LogP contribution in [0.15, 0.2) is 72.8 Å². The molecule has 0 N–H and O–H groups in total. The first kappa shape index (κ1) is 18.6. The first-order valence-corrected chi connectivity index (χ1v) is 13.4. The molecule has 0 aliphatic heterocycles. The zero-order valence-corrected chi connectivity index (χ0v) is 18.4. The maximum atomic E-state index is 5.21. The lowest BCUT2D eigenvalue weighted by Crippen LogP contribution is -2.41. The standard InChI is InChI=1S/C26H27NSi/c1-18-15-19(2)17-21(16-18)25-26(28(3,4)5)24(20-11-7-6-8-12-20)22-13-9-10-14-23(22)27-25/h6-17H,1-5H3. The number of aryl methyl sites for hydroxylation is 2. The van der Waals surface area contributed by atoms with Crippen molar-refractivity contribution in [3.05, 3.63) is 83.9 Å². The molecule has 0 unspecified atom stereocenters. The molecule has 0 bridgehead atoms. The van der Waals surface area contributed by atoms with Crippen molar-refractivity contribution >= 4 is 24.2 Å². The van der Waals surface area contributed by atoms with Crippen LogP contribution in [0.3, 0.4) is 0 Å². The van der Waals surface area contributed by atoms with E-state index in [4.69, 9.17) is 4.98 Å². The highest BCUT2D eigenvalue weighted by Crippen LogP contribution is 2.33. The van der Waals surface area contributed by atoms with Gasteiger partial charge in [0.05, 0.1) is 19.3 Å². The topological polar surface area (TPSA) is 12.9 Å². The highest BCUT2D eigenvalue weighted by Gasteiger charge is 2.28. The minimum Gasteiger partial charge on any atom is -0.248 e. The fourth-order valence-corrected chi connectivity index (χ4v) is 6.11. The first-order chi connectivity index (χ1) is 13.3. The molecule has 0 saturated heterocycles. The van der Waals surface area contributed by atoms with E-state index in [9.17, 15) is 0 Å². The van der Waals surface area contributed by atoms with E-state index in [0.717, 1.165) is 11.2 Å². The first-order valence-electron chi connectivity index (χ1n) is 9.92. The van der Waals surface area contributed by atoms with Crippen molar-refractivity contribution in [2.45, 2.75) is 33.5 Å². The van der Waals surface area contributed by atoms with Crippen molar-refractivity contribution in [1.29, 1.82) is 0 Å². The highest BCUT2D eigenvalue weighted by atomic mass is 28.3. The van der Waals surface area contributed by atoms with E-state index in [1.165, 1.54) is 38.4 Å². The third-order valence-electron chi connectivity index (χ3n) is 5.20. The van der Waals surface area contributed by atoms with Crippen LogP contribution in [0.25, 0.3) is 33.3 Å².